The third kappa shape index (κ3) is 6.65. The van der Waals surface area contributed by atoms with E-state index >= 15 is 4.39 Å². The molecule has 1 unspecified atom stereocenters. The molecular formula is C28H30FN7O4S. The topological polar surface area (TPSA) is 111 Å². The number of nitrogens with zero attached hydrogens (tertiary/aromatic N) is 7. The number of fused-ring (bicyclic) bond motifs is 1. The number of aromatic nitrogens is 3. The highest BCUT2D eigenvalue weighted by Crippen LogP contribution is 2.37. The molecule has 0 saturated carbocycles. The normalized spacial score (nSPS) is 12.4. The zero-order valence-electron chi connectivity index (χ0n) is 23.3. The number of rotatable bonds is 11. The molecule has 0 amide bonds. The summed E-state index contributed by atoms with van der Waals surface area (Å²) in [6.45, 7) is 0.112. The van der Waals surface area contributed by atoms with Crippen LogP contribution in [0.3, 0.4) is 0 Å². The smallest absolute Gasteiger partial charge is 0.265 e. The second-order valence-electron chi connectivity index (χ2n) is 8.82. The minimum Gasteiger partial charge on any atom is -0.573 e. The number of anilines is 2. The van der Waals surface area contributed by atoms with Crippen molar-refractivity contribution < 1.29 is 18.4 Å². The number of ether oxygens (including phenoxy) is 2. The van der Waals surface area contributed by atoms with Crippen molar-refractivity contribution in [2.75, 3.05) is 46.8 Å². The van der Waals surface area contributed by atoms with Crippen molar-refractivity contribution in [3.63, 3.8) is 0 Å². The highest BCUT2D eigenvalue weighted by Gasteiger charge is 2.20. The van der Waals surface area contributed by atoms with Crippen molar-refractivity contribution in [3.05, 3.63) is 89.8 Å². The van der Waals surface area contributed by atoms with Gasteiger partial charge in [-0.05, 0) is 30.3 Å². The van der Waals surface area contributed by atoms with Crippen molar-refractivity contribution in [3.8, 4) is 17.2 Å². The number of aliphatic imine (C=N–C) groups is 1. The first kappa shape index (κ1) is 29.5. The Bertz CT molecular complexity index is 1610. The van der Waals surface area contributed by atoms with Gasteiger partial charge in [0.05, 0.1) is 62.5 Å². The van der Waals surface area contributed by atoms with Crippen molar-refractivity contribution >= 4 is 40.0 Å². The Morgan fingerprint density at radius 1 is 1.15 bits per heavy atom. The van der Waals surface area contributed by atoms with E-state index in [-0.39, 0.29) is 23.5 Å². The van der Waals surface area contributed by atoms with Gasteiger partial charge in [0.1, 0.15) is 12.1 Å². The fraction of sp³-hybridized carbons (Fsp3) is 0.214. The molecule has 13 heteroatoms. The summed E-state index contributed by atoms with van der Waals surface area (Å²) in [7, 11) is 7.90. The van der Waals surface area contributed by atoms with Gasteiger partial charge in [0.15, 0.2) is 23.1 Å². The summed E-state index contributed by atoms with van der Waals surface area (Å²) in [5.41, 5.74) is 1.41. The Morgan fingerprint density at radius 3 is 2.63 bits per heavy atom. The van der Waals surface area contributed by atoms with E-state index < -0.39 is 17.4 Å². The van der Waals surface area contributed by atoms with Crippen LogP contribution in [0.1, 0.15) is 0 Å². The molecule has 0 fully saturated rings. The molecule has 0 spiro atoms. The lowest BCUT2D eigenvalue weighted by Gasteiger charge is -2.25. The number of benzene rings is 2. The lowest BCUT2D eigenvalue weighted by Crippen LogP contribution is -2.33. The number of hydrogen-bond donors (Lipinski definition) is 0. The van der Waals surface area contributed by atoms with E-state index in [4.69, 9.17) is 9.47 Å². The van der Waals surface area contributed by atoms with Crippen molar-refractivity contribution in [2.45, 2.75) is 0 Å². The van der Waals surface area contributed by atoms with E-state index in [1.807, 2.05) is 0 Å². The van der Waals surface area contributed by atoms with E-state index in [1.165, 1.54) is 47.8 Å². The van der Waals surface area contributed by atoms with Gasteiger partial charge in [-0.25, -0.2) is 9.37 Å². The lowest BCUT2D eigenvalue weighted by atomic mass is 10.1. The molecule has 214 valence electrons. The van der Waals surface area contributed by atoms with Gasteiger partial charge >= 0.3 is 0 Å². The number of pyridine rings is 1. The van der Waals surface area contributed by atoms with E-state index in [1.54, 1.807) is 85.5 Å². The summed E-state index contributed by atoms with van der Waals surface area (Å²) < 4.78 is 42.8. The Kier molecular flexibility index (Phi) is 9.55. The molecule has 0 radical (unpaired) electrons. The van der Waals surface area contributed by atoms with Crippen molar-refractivity contribution in [1.82, 2.24) is 23.1 Å². The summed E-state index contributed by atoms with van der Waals surface area (Å²) >= 11 is -1.36. The van der Waals surface area contributed by atoms with Crippen LogP contribution in [0.15, 0.2) is 83.4 Å². The molecule has 0 bridgehead atoms. The summed E-state index contributed by atoms with van der Waals surface area (Å²) in [6.07, 6.45) is 9.25. The molecule has 1 atom stereocenters. The Balaban J connectivity index is 1.78. The standard InChI is InChI=1S/C28H30FN7O4S/c1-33(2)41(38)34(3)13-11-30-12-14-35(25-16-22(39-4)17-26(40-5)27(25)29)20-8-9-24-23(15-20)28(37)36(19-32-24)21-7-6-10-31-18-21/h6-13,15-19H,14H2,1-5H3/b13-11-,30-12+. The summed E-state index contributed by atoms with van der Waals surface area (Å²) in [4.78, 5) is 27.9. The maximum Gasteiger partial charge on any atom is 0.265 e. The molecular weight excluding hydrogens is 549 g/mol. The van der Waals surface area contributed by atoms with Crippen LogP contribution >= 0.6 is 0 Å². The van der Waals surface area contributed by atoms with Gasteiger partial charge in [-0.3, -0.25) is 19.3 Å². The van der Waals surface area contributed by atoms with Gasteiger partial charge in [0.25, 0.3) is 5.56 Å². The quantitative estimate of drug-likeness (QED) is 0.194. The van der Waals surface area contributed by atoms with Gasteiger partial charge in [0.2, 0.25) is 0 Å². The van der Waals surface area contributed by atoms with Gasteiger partial charge in [-0.1, -0.05) is 0 Å². The van der Waals surface area contributed by atoms with Crippen LogP contribution < -0.4 is 19.9 Å². The van der Waals surface area contributed by atoms with Gasteiger partial charge in [-0.15, -0.1) is 4.31 Å². The lowest BCUT2D eigenvalue weighted by molar-refractivity contribution is 0.374. The summed E-state index contributed by atoms with van der Waals surface area (Å²) in [5.74, 6) is -0.234. The molecule has 0 aliphatic heterocycles. The molecule has 0 aliphatic rings. The maximum absolute atomic E-state index is 15.6. The minimum absolute atomic E-state index is 0.00429. The van der Waals surface area contributed by atoms with Gasteiger partial charge in [-0.2, -0.15) is 4.31 Å². The molecule has 41 heavy (non-hydrogen) atoms. The predicted octanol–water partition coefficient (Wildman–Crippen LogP) is 3.69. The fourth-order valence-electron chi connectivity index (χ4n) is 3.95. The Hall–Kier alpha value is -4.46. The van der Waals surface area contributed by atoms with Crippen LogP contribution in [0.2, 0.25) is 0 Å². The largest absolute Gasteiger partial charge is 0.573 e. The van der Waals surface area contributed by atoms with Crippen LogP contribution in [0, 0.1) is 5.82 Å². The van der Waals surface area contributed by atoms with Gasteiger partial charge < -0.3 is 18.9 Å². The van der Waals surface area contributed by atoms with Crippen LogP contribution in [-0.4, -0.2) is 75.8 Å². The molecule has 2 aromatic heterocycles. The monoisotopic (exact) mass is 579 g/mol. The van der Waals surface area contributed by atoms with Gasteiger partial charge in [0, 0.05) is 50.5 Å². The van der Waals surface area contributed by atoms with Crippen molar-refractivity contribution in [2.24, 2.45) is 4.99 Å². The van der Waals surface area contributed by atoms with Crippen LogP contribution in [0.5, 0.6) is 11.5 Å². The number of halogens is 1. The minimum atomic E-state index is -1.36. The predicted molar refractivity (Wildman–Crippen MR) is 159 cm³/mol. The molecule has 0 N–H and O–H groups in total. The molecule has 4 rings (SSSR count). The van der Waals surface area contributed by atoms with E-state index in [0.717, 1.165) is 0 Å². The maximum atomic E-state index is 15.6. The third-order valence-electron chi connectivity index (χ3n) is 6.01. The molecule has 0 saturated heterocycles. The molecule has 2 heterocycles. The molecule has 2 aromatic carbocycles. The highest BCUT2D eigenvalue weighted by molar-refractivity contribution is 7.86. The first-order valence-electron chi connectivity index (χ1n) is 12.4. The fourth-order valence-corrected chi connectivity index (χ4v) is 4.63. The first-order valence-corrected chi connectivity index (χ1v) is 13.4. The average Bonchev–Trinajstić information content (AvgIpc) is 2.99. The van der Waals surface area contributed by atoms with E-state index in [2.05, 4.69) is 15.0 Å². The zero-order valence-corrected chi connectivity index (χ0v) is 24.1. The van der Waals surface area contributed by atoms with Crippen LogP contribution in [0.25, 0.3) is 16.6 Å². The molecule has 4 aromatic rings. The summed E-state index contributed by atoms with van der Waals surface area (Å²) in [6, 6.07) is 11.6. The highest BCUT2D eigenvalue weighted by atomic mass is 32.2. The van der Waals surface area contributed by atoms with Crippen LogP contribution in [0.4, 0.5) is 15.8 Å². The molecule has 0 aliphatic carbocycles. The van der Waals surface area contributed by atoms with E-state index in [0.29, 0.717) is 28.0 Å². The SMILES string of the molecule is COc1cc(OC)c(F)c(N(C/C=N/C=C\N(C)[S+]([O-])N(C)C)c2ccc3ncn(-c4cccnc4)c(=O)c3c2)c1. The Morgan fingerprint density at radius 2 is 1.95 bits per heavy atom. The average molecular weight is 580 g/mol. The number of hydrogen-bond acceptors (Lipinski definition) is 10. The van der Waals surface area contributed by atoms with Crippen LogP contribution in [-0.2, 0) is 11.5 Å². The molecule has 11 nitrogen and oxygen atoms in total. The second-order valence-corrected chi connectivity index (χ2v) is 10.6. The van der Waals surface area contributed by atoms with E-state index in [9.17, 15) is 9.35 Å². The first-order chi connectivity index (χ1) is 19.7. The zero-order chi connectivity index (χ0) is 29.5. The second kappa shape index (κ2) is 13.3. The Labute approximate surface area is 240 Å². The summed E-state index contributed by atoms with van der Waals surface area (Å²) in [5, 5.41) is 0.332. The third-order valence-corrected chi connectivity index (χ3v) is 7.25. The van der Waals surface area contributed by atoms with Crippen molar-refractivity contribution in [1.29, 1.82) is 0 Å². The number of methoxy groups -OCH3 is 2.